The molecule has 0 aliphatic heterocycles. The molecule has 0 N–H and O–H groups in total. The molecule has 1 fully saturated rings. The lowest BCUT2D eigenvalue weighted by Gasteiger charge is -1.99. The molecule has 1 aliphatic carbocycles. The van der Waals surface area contributed by atoms with Gasteiger partial charge < -0.3 is 4.84 Å². The number of nitrogens with zero attached hydrogens (tertiary/aromatic N) is 1. The van der Waals surface area contributed by atoms with Gasteiger partial charge in [-0.3, -0.25) is 0 Å². The summed E-state index contributed by atoms with van der Waals surface area (Å²) in [6.45, 7) is 0. The van der Waals surface area contributed by atoms with Crippen LogP contribution < -0.4 is 0 Å². The Hall–Kier alpha value is -1.35. The lowest BCUT2D eigenvalue weighted by molar-refractivity contribution is 0.0515. The van der Waals surface area contributed by atoms with Crippen molar-refractivity contribution in [3.63, 3.8) is 0 Å². The molecule has 1 aromatic rings. The third-order valence-electron chi connectivity index (χ3n) is 2.50. The maximum Gasteiger partial charge on any atom is 0.365 e. The summed E-state index contributed by atoms with van der Waals surface area (Å²) in [6, 6.07) is 6.64. The van der Waals surface area contributed by atoms with E-state index < -0.39 is 5.97 Å². The van der Waals surface area contributed by atoms with Gasteiger partial charge in [-0.25, -0.2) is 4.79 Å². The summed E-state index contributed by atoms with van der Waals surface area (Å²) in [7, 11) is 0. The molecule has 0 radical (unpaired) electrons. The molecule has 1 saturated carbocycles. The van der Waals surface area contributed by atoms with Crippen molar-refractivity contribution in [1.82, 2.24) is 0 Å². The summed E-state index contributed by atoms with van der Waals surface area (Å²) in [6.07, 6.45) is 4.13. The van der Waals surface area contributed by atoms with Crippen LogP contribution in [0.15, 0.2) is 29.4 Å². The first kappa shape index (κ1) is 11.1. The van der Waals surface area contributed by atoms with Gasteiger partial charge in [-0.1, -0.05) is 22.8 Å². The second-order valence-corrected chi connectivity index (χ2v) is 4.19. The molecule has 0 unspecified atom stereocenters. The van der Waals surface area contributed by atoms with Gasteiger partial charge in [0.1, 0.15) is 0 Å². The molecule has 4 heteroatoms. The number of hydrogen-bond acceptors (Lipinski definition) is 3. The topological polar surface area (TPSA) is 38.7 Å². The van der Waals surface area contributed by atoms with E-state index in [4.69, 9.17) is 16.4 Å². The van der Waals surface area contributed by atoms with Crippen LogP contribution in [-0.2, 0) is 4.84 Å². The second kappa shape index (κ2) is 5.12. The molecule has 1 aromatic carbocycles. The normalized spacial score (nSPS) is 14.9. The molecule has 1 aliphatic rings. The third kappa shape index (κ3) is 2.83. The van der Waals surface area contributed by atoms with Crippen LogP contribution in [0.25, 0.3) is 0 Å². The molecule has 2 rings (SSSR count). The largest absolute Gasteiger partial charge is 0.365 e. The first-order chi connectivity index (χ1) is 7.75. The van der Waals surface area contributed by atoms with Crippen LogP contribution in [0.1, 0.15) is 36.0 Å². The Labute approximate surface area is 99.0 Å². The summed E-state index contributed by atoms with van der Waals surface area (Å²) >= 11 is 5.77. The van der Waals surface area contributed by atoms with Crippen LogP contribution in [-0.4, -0.2) is 11.7 Å². The molecular formula is C12H12ClNO2. The molecular weight excluding hydrogens is 226 g/mol. The summed E-state index contributed by atoms with van der Waals surface area (Å²) in [5, 5.41) is 4.37. The van der Waals surface area contributed by atoms with Gasteiger partial charge in [0.2, 0.25) is 0 Å². The highest BCUT2D eigenvalue weighted by molar-refractivity contribution is 6.30. The van der Waals surface area contributed by atoms with E-state index in [0.29, 0.717) is 10.6 Å². The van der Waals surface area contributed by atoms with Crippen LogP contribution in [0.3, 0.4) is 0 Å². The highest BCUT2D eigenvalue weighted by Gasteiger charge is 2.11. The lowest BCUT2D eigenvalue weighted by atomic mass is 10.2. The molecule has 16 heavy (non-hydrogen) atoms. The van der Waals surface area contributed by atoms with E-state index in [1.165, 1.54) is 0 Å². The van der Waals surface area contributed by atoms with Gasteiger partial charge in [-0.2, -0.15) is 0 Å². The number of carbonyl (C=O) groups excluding carboxylic acids is 1. The average molecular weight is 238 g/mol. The van der Waals surface area contributed by atoms with Crippen molar-refractivity contribution >= 4 is 23.3 Å². The molecule has 0 atom stereocenters. The van der Waals surface area contributed by atoms with Crippen molar-refractivity contribution in [1.29, 1.82) is 0 Å². The zero-order valence-corrected chi connectivity index (χ0v) is 9.54. The van der Waals surface area contributed by atoms with Crippen LogP contribution in [0.4, 0.5) is 0 Å². The fourth-order valence-electron chi connectivity index (χ4n) is 1.65. The fourth-order valence-corrected chi connectivity index (χ4v) is 1.84. The monoisotopic (exact) mass is 237 g/mol. The number of halogens is 1. The Morgan fingerprint density at radius 2 is 2.06 bits per heavy atom. The van der Waals surface area contributed by atoms with Gasteiger partial charge >= 0.3 is 5.97 Å². The van der Waals surface area contributed by atoms with E-state index in [1.54, 1.807) is 24.3 Å². The Morgan fingerprint density at radius 3 is 2.75 bits per heavy atom. The molecule has 0 saturated heterocycles. The van der Waals surface area contributed by atoms with Gasteiger partial charge in [-0.15, -0.1) is 0 Å². The summed E-state index contributed by atoms with van der Waals surface area (Å²) in [5.41, 5.74) is 1.39. The number of hydrogen-bond donors (Lipinski definition) is 0. The number of oxime groups is 1. The van der Waals surface area contributed by atoms with Gasteiger partial charge in [0.05, 0.1) is 11.3 Å². The van der Waals surface area contributed by atoms with Gasteiger partial charge in [0.25, 0.3) is 0 Å². The van der Waals surface area contributed by atoms with E-state index in [2.05, 4.69) is 5.16 Å². The lowest BCUT2D eigenvalue weighted by Crippen LogP contribution is -2.02. The van der Waals surface area contributed by atoms with E-state index in [1.807, 2.05) is 0 Å². The predicted octanol–water partition coefficient (Wildman–Crippen LogP) is 3.43. The van der Waals surface area contributed by atoms with Crippen LogP contribution in [0, 0.1) is 0 Å². The van der Waals surface area contributed by atoms with Gasteiger partial charge in [0.15, 0.2) is 0 Å². The van der Waals surface area contributed by atoms with E-state index in [-0.39, 0.29) is 0 Å². The standard InChI is InChI=1S/C12H12ClNO2/c13-10-5-3-4-9(8-10)12(15)16-14-11-6-1-2-7-11/h3-5,8H,1-2,6-7H2. The van der Waals surface area contributed by atoms with Crippen molar-refractivity contribution in [3.05, 3.63) is 34.9 Å². The highest BCUT2D eigenvalue weighted by atomic mass is 35.5. The number of carbonyl (C=O) groups is 1. The summed E-state index contributed by atoms with van der Waals surface area (Å²) in [4.78, 5) is 16.4. The Balaban J connectivity index is 2.00. The van der Waals surface area contributed by atoms with E-state index in [0.717, 1.165) is 31.4 Å². The minimum absolute atomic E-state index is 0.426. The molecule has 3 nitrogen and oxygen atoms in total. The molecule has 84 valence electrons. The minimum atomic E-state index is -0.457. The molecule has 0 amide bonds. The van der Waals surface area contributed by atoms with Crippen molar-refractivity contribution in [2.75, 3.05) is 0 Å². The number of benzene rings is 1. The quantitative estimate of drug-likeness (QED) is 0.584. The summed E-state index contributed by atoms with van der Waals surface area (Å²) in [5.74, 6) is -0.457. The Kier molecular flexibility index (Phi) is 3.57. The van der Waals surface area contributed by atoms with Crippen molar-refractivity contribution in [3.8, 4) is 0 Å². The molecule has 0 spiro atoms. The maximum absolute atomic E-state index is 11.6. The first-order valence-electron chi connectivity index (χ1n) is 5.28. The van der Waals surface area contributed by atoms with Crippen molar-refractivity contribution in [2.45, 2.75) is 25.7 Å². The molecule has 0 bridgehead atoms. The second-order valence-electron chi connectivity index (χ2n) is 3.75. The van der Waals surface area contributed by atoms with Crippen molar-refractivity contribution in [2.24, 2.45) is 5.16 Å². The van der Waals surface area contributed by atoms with Gasteiger partial charge in [-0.05, 0) is 43.9 Å². The predicted molar refractivity (Wildman–Crippen MR) is 62.8 cm³/mol. The van der Waals surface area contributed by atoms with E-state index >= 15 is 0 Å². The Morgan fingerprint density at radius 1 is 1.31 bits per heavy atom. The van der Waals surface area contributed by atoms with Crippen molar-refractivity contribution < 1.29 is 9.63 Å². The SMILES string of the molecule is O=C(ON=C1CCCC1)c1cccc(Cl)c1. The third-order valence-corrected chi connectivity index (χ3v) is 2.73. The molecule has 0 aromatic heterocycles. The van der Waals surface area contributed by atoms with Crippen LogP contribution in [0.2, 0.25) is 5.02 Å². The first-order valence-corrected chi connectivity index (χ1v) is 5.66. The number of rotatable bonds is 2. The minimum Gasteiger partial charge on any atom is -0.313 e. The Bertz CT molecular complexity index is 421. The zero-order valence-electron chi connectivity index (χ0n) is 8.78. The zero-order chi connectivity index (χ0) is 11.4. The average Bonchev–Trinajstić information content (AvgIpc) is 2.78. The summed E-state index contributed by atoms with van der Waals surface area (Å²) < 4.78 is 0. The van der Waals surface area contributed by atoms with Gasteiger partial charge in [0, 0.05) is 5.02 Å². The molecule has 0 heterocycles. The smallest absolute Gasteiger partial charge is 0.313 e. The van der Waals surface area contributed by atoms with E-state index in [9.17, 15) is 4.79 Å². The fraction of sp³-hybridized carbons (Fsp3) is 0.333. The van der Waals surface area contributed by atoms with Crippen LogP contribution in [0.5, 0.6) is 0 Å². The maximum atomic E-state index is 11.6. The highest BCUT2D eigenvalue weighted by Crippen LogP contribution is 2.16. The van der Waals surface area contributed by atoms with Crippen LogP contribution >= 0.6 is 11.6 Å².